The summed E-state index contributed by atoms with van der Waals surface area (Å²) in [6, 6.07) is 3.66. The van der Waals surface area contributed by atoms with Gasteiger partial charge in [-0.1, -0.05) is 11.6 Å². The van der Waals surface area contributed by atoms with E-state index >= 15 is 0 Å². The van der Waals surface area contributed by atoms with E-state index < -0.39 is 0 Å². The van der Waals surface area contributed by atoms with Crippen molar-refractivity contribution >= 4 is 29.3 Å². The SMILES string of the molecule is Cc1ccc(C=CC(=O)NC(=S)NCCC2=CCCCC2)o1. The number of amides is 1. The zero-order valence-electron chi connectivity index (χ0n) is 12.9. The highest BCUT2D eigenvalue weighted by molar-refractivity contribution is 7.80. The van der Waals surface area contributed by atoms with Gasteiger partial charge in [-0.2, -0.15) is 0 Å². The molecule has 0 atom stereocenters. The minimum Gasteiger partial charge on any atom is -0.462 e. The average molecular weight is 318 g/mol. The maximum Gasteiger partial charge on any atom is 0.250 e. The minimum absolute atomic E-state index is 0.261. The summed E-state index contributed by atoms with van der Waals surface area (Å²) in [7, 11) is 0. The zero-order chi connectivity index (χ0) is 15.8. The lowest BCUT2D eigenvalue weighted by Gasteiger charge is -2.13. The normalized spacial score (nSPS) is 14.7. The van der Waals surface area contributed by atoms with Crippen molar-refractivity contribution in [1.82, 2.24) is 10.6 Å². The lowest BCUT2D eigenvalue weighted by molar-refractivity contribution is -0.115. The zero-order valence-corrected chi connectivity index (χ0v) is 13.7. The molecule has 0 fully saturated rings. The molecule has 4 nitrogen and oxygen atoms in total. The van der Waals surface area contributed by atoms with Crippen LogP contribution < -0.4 is 10.6 Å². The van der Waals surface area contributed by atoms with Gasteiger partial charge >= 0.3 is 0 Å². The summed E-state index contributed by atoms with van der Waals surface area (Å²) in [5, 5.41) is 6.06. The monoisotopic (exact) mass is 318 g/mol. The molecule has 2 N–H and O–H groups in total. The van der Waals surface area contributed by atoms with Crippen molar-refractivity contribution in [2.45, 2.75) is 39.0 Å². The van der Waals surface area contributed by atoms with Crippen LogP contribution in [-0.2, 0) is 4.79 Å². The average Bonchev–Trinajstić information content (AvgIpc) is 2.92. The van der Waals surface area contributed by atoms with Gasteiger partial charge in [0, 0.05) is 12.6 Å². The number of hydrogen-bond donors (Lipinski definition) is 2. The van der Waals surface area contributed by atoms with Gasteiger partial charge in [-0.3, -0.25) is 10.1 Å². The first kappa shape index (κ1) is 16.5. The Hall–Kier alpha value is -1.88. The van der Waals surface area contributed by atoms with Crippen molar-refractivity contribution in [3.8, 4) is 0 Å². The van der Waals surface area contributed by atoms with E-state index in [0.717, 1.165) is 18.7 Å². The Bertz CT molecular complexity index is 587. The van der Waals surface area contributed by atoms with Crippen molar-refractivity contribution in [3.63, 3.8) is 0 Å². The van der Waals surface area contributed by atoms with Crippen molar-refractivity contribution in [1.29, 1.82) is 0 Å². The van der Waals surface area contributed by atoms with Gasteiger partial charge in [0.2, 0.25) is 5.91 Å². The molecule has 22 heavy (non-hydrogen) atoms. The first-order valence-electron chi connectivity index (χ1n) is 7.65. The highest BCUT2D eigenvalue weighted by Crippen LogP contribution is 2.19. The molecule has 0 radical (unpaired) electrons. The summed E-state index contributed by atoms with van der Waals surface area (Å²) in [4.78, 5) is 11.7. The van der Waals surface area contributed by atoms with Crippen LogP contribution in [0.5, 0.6) is 0 Å². The fourth-order valence-corrected chi connectivity index (χ4v) is 2.57. The highest BCUT2D eigenvalue weighted by Gasteiger charge is 2.05. The minimum atomic E-state index is -0.261. The fourth-order valence-electron chi connectivity index (χ4n) is 2.37. The standard InChI is InChI=1S/C17H22N2O2S/c1-13-7-8-15(21-13)9-10-16(20)19-17(22)18-12-11-14-5-3-2-4-6-14/h5,7-10H,2-4,6,11-12H2,1H3,(H2,18,19,20,22). The lowest BCUT2D eigenvalue weighted by Crippen LogP contribution is -2.38. The molecule has 1 aromatic heterocycles. The molecule has 1 heterocycles. The number of allylic oxidation sites excluding steroid dienone is 1. The van der Waals surface area contributed by atoms with Gasteiger partial charge < -0.3 is 9.73 Å². The van der Waals surface area contributed by atoms with Crippen LogP contribution in [0.1, 0.15) is 43.6 Å². The van der Waals surface area contributed by atoms with Crippen LogP contribution in [-0.4, -0.2) is 17.6 Å². The first-order chi connectivity index (χ1) is 10.6. The molecule has 1 aliphatic carbocycles. The second-order valence-corrected chi connectivity index (χ2v) is 5.79. The molecule has 0 unspecified atom stereocenters. The summed E-state index contributed by atoms with van der Waals surface area (Å²) in [6.45, 7) is 2.62. The van der Waals surface area contributed by atoms with Gasteiger partial charge in [0.05, 0.1) is 0 Å². The van der Waals surface area contributed by atoms with Crippen LogP contribution in [0.3, 0.4) is 0 Å². The van der Waals surface area contributed by atoms with Crippen LogP contribution in [0.25, 0.3) is 6.08 Å². The fraction of sp³-hybridized carbons (Fsp3) is 0.412. The lowest BCUT2D eigenvalue weighted by atomic mass is 9.97. The molecule has 118 valence electrons. The predicted octanol–water partition coefficient (Wildman–Crippen LogP) is 3.48. The number of thiocarbonyl (C=S) groups is 1. The third-order valence-corrected chi connectivity index (χ3v) is 3.76. The van der Waals surface area contributed by atoms with Crippen LogP contribution in [0.15, 0.2) is 34.3 Å². The molecule has 2 rings (SSSR count). The van der Waals surface area contributed by atoms with Gasteiger partial charge in [-0.05, 0) is 69.5 Å². The Kier molecular flexibility index (Phi) is 6.40. The summed E-state index contributed by atoms with van der Waals surface area (Å²) in [5.41, 5.74) is 1.49. The van der Waals surface area contributed by atoms with Crippen LogP contribution in [0.4, 0.5) is 0 Å². The number of hydrogen-bond acceptors (Lipinski definition) is 3. The molecular weight excluding hydrogens is 296 g/mol. The number of rotatable bonds is 5. The van der Waals surface area contributed by atoms with E-state index in [1.54, 1.807) is 6.08 Å². The molecule has 5 heteroatoms. The Labute approximate surface area is 136 Å². The summed E-state index contributed by atoms with van der Waals surface area (Å²) in [5.74, 6) is 1.20. The molecule has 0 spiro atoms. The molecule has 1 amide bonds. The number of carbonyl (C=O) groups excluding carboxylic acids is 1. The largest absolute Gasteiger partial charge is 0.462 e. The Morgan fingerprint density at radius 3 is 2.95 bits per heavy atom. The maximum atomic E-state index is 11.7. The Balaban J connectivity index is 1.66. The second kappa shape index (κ2) is 8.54. The molecule has 1 aromatic rings. The van der Waals surface area contributed by atoms with Gasteiger partial charge in [0.25, 0.3) is 0 Å². The molecular formula is C17H22N2O2S. The Morgan fingerprint density at radius 1 is 1.41 bits per heavy atom. The third-order valence-electron chi connectivity index (χ3n) is 3.51. The quantitative estimate of drug-likeness (QED) is 0.496. The van der Waals surface area contributed by atoms with Gasteiger partial charge in [0.15, 0.2) is 5.11 Å². The van der Waals surface area contributed by atoms with Crippen LogP contribution >= 0.6 is 12.2 Å². The maximum absolute atomic E-state index is 11.7. The van der Waals surface area contributed by atoms with E-state index in [1.165, 1.54) is 37.3 Å². The molecule has 0 aliphatic heterocycles. The molecule has 0 saturated heterocycles. The summed E-state index contributed by atoms with van der Waals surface area (Å²) in [6.07, 6.45) is 11.3. The van der Waals surface area contributed by atoms with Gasteiger partial charge in [-0.15, -0.1) is 0 Å². The number of carbonyl (C=O) groups is 1. The van der Waals surface area contributed by atoms with E-state index in [2.05, 4.69) is 16.7 Å². The predicted molar refractivity (Wildman–Crippen MR) is 92.4 cm³/mol. The van der Waals surface area contributed by atoms with Crippen LogP contribution in [0, 0.1) is 6.92 Å². The molecule has 0 bridgehead atoms. The number of aryl methyl sites for hydroxylation is 1. The third kappa shape index (κ3) is 5.85. The van der Waals surface area contributed by atoms with Crippen molar-refractivity contribution < 1.29 is 9.21 Å². The van der Waals surface area contributed by atoms with Crippen molar-refractivity contribution in [3.05, 3.63) is 41.4 Å². The van der Waals surface area contributed by atoms with Crippen LogP contribution in [0.2, 0.25) is 0 Å². The van der Waals surface area contributed by atoms with Gasteiger partial charge in [0.1, 0.15) is 11.5 Å². The summed E-state index contributed by atoms with van der Waals surface area (Å²) < 4.78 is 5.35. The van der Waals surface area contributed by atoms with Gasteiger partial charge in [-0.25, -0.2) is 0 Å². The molecule has 1 aliphatic rings. The van der Waals surface area contributed by atoms with E-state index in [0.29, 0.717) is 10.9 Å². The highest BCUT2D eigenvalue weighted by atomic mass is 32.1. The summed E-state index contributed by atoms with van der Waals surface area (Å²) >= 11 is 5.11. The van der Waals surface area contributed by atoms with Crippen molar-refractivity contribution in [2.24, 2.45) is 0 Å². The first-order valence-corrected chi connectivity index (χ1v) is 8.05. The number of nitrogens with one attached hydrogen (secondary N) is 2. The topological polar surface area (TPSA) is 54.3 Å². The molecule has 0 saturated carbocycles. The van der Waals surface area contributed by atoms with E-state index in [4.69, 9.17) is 16.6 Å². The van der Waals surface area contributed by atoms with E-state index in [-0.39, 0.29) is 5.91 Å². The van der Waals surface area contributed by atoms with E-state index in [1.807, 2.05) is 19.1 Å². The van der Waals surface area contributed by atoms with E-state index in [9.17, 15) is 4.79 Å². The number of furan rings is 1. The molecule has 0 aromatic carbocycles. The Morgan fingerprint density at radius 2 is 2.27 bits per heavy atom. The smallest absolute Gasteiger partial charge is 0.250 e. The second-order valence-electron chi connectivity index (χ2n) is 5.39. The van der Waals surface area contributed by atoms with Crippen molar-refractivity contribution in [2.75, 3.05) is 6.54 Å².